The van der Waals surface area contributed by atoms with Gasteiger partial charge in [-0.3, -0.25) is 14.5 Å². The van der Waals surface area contributed by atoms with Crippen molar-refractivity contribution in [3.05, 3.63) is 41.5 Å². The number of allylic oxidation sites excluding steroid dienone is 1. The average molecular weight is 357 g/mol. The normalized spacial score (nSPS) is 24.7. The summed E-state index contributed by atoms with van der Waals surface area (Å²) in [6.07, 6.45) is 2.34. The lowest BCUT2D eigenvalue weighted by Crippen LogP contribution is -2.63. The van der Waals surface area contributed by atoms with Crippen LogP contribution in [0.5, 0.6) is 0 Å². The summed E-state index contributed by atoms with van der Waals surface area (Å²) in [5.74, 6) is -0.314. The van der Waals surface area contributed by atoms with Crippen molar-refractivity contribution in [2.75, 3.05) is 39.4 Å². The number of primary amides is 1. The van der Waals surface area contributed by atoms with Crippen LogP contribution < -0.4 is 5.73 Å². The number of piperazine rings is 1. The van der Waals surface area contributed by atoms with E-state index in [0.29, 0.717) is 45.8 Å². The van der Waals surface area contributed by atoms with Crippen LogP contribution in [-0.4, -0.2) is 66.5 Å². The molecule has 2 amide bonds. The van der Waals surface area contributed by atoms with Crippen molar-refractivity contribution >= 4 is 17.4 Å². The number of hydrogen-bond donors (Lipinski definition) is 1. The van der Waals surface area contributed by atoms with Crippen molar-refractivity contribution in [2.45, 2.75) is 25.8 Å². The van der Waals surface area contributed by atoms with Crippen LogP contribution in [0, 0.1) is 6.92 Å². The molecule has 0 bridgehead atoms. The molecule has 0 radical (unpaired) electrons. The molecule has 2 aliphatic heterocycles. The van der Waals surface area contributed by atoms with E-state index in [0.717, 1.165) is 16.7 Å². The molecule has 0 aromatic heterocycles. The van der Waals surface area contributed by atoms with E-state index in [9.17, 15) is 9.59 Å². The van der Waals surface area contributed by atoms with Gasteiger partial charge in [0.15, 0.2) is 0 Å². The van der Waals surface area contributed by atoms with E-state index < -0.39 is 5.54 Å². The summed E-state index contributed by atoms with van der Waals surface area (Å²) in [5.41, 5.74) is 8.16. The molecule has 6 nitrogen and oxygen atoms in total. The predicted octanol–water partition coefficient (Wildman–Crippen LogP) is 1.19. The maximum atomic E-state index is 12.6. The molecule has 1 aromatic rings. The summed E-state index contributed by atoms with van der Waals surface area (Å²) >= 11 is 0. The minimum Gasteiger partial charge on any atom is -0.379 e. The third kappa shape index (κ3) is 3.52. The largest absolute Gasteiger partial charge is 0.379 e. The van der Waals surface area contributed by atoms with E-state index in [-0.39, 0.29) is 11.8 Å². The quantitative estimate of drug-likeness (QED) is 0.821. The Balaban J connectivity index is 1.64. The lowest BCUT2D eigenvalue weighted by Gasteiger charge is -2.43. The molecule has 140 valence electrons. The molecule has 2 N–H and O–H groups in total. The van der Waals surface area contributed by atoms with Gasteiger partial charge < -0.3 is 15.4 Å². The Labute approximate surface area is 154 Å². The molecule has 2 aliphatic rings. The van der Waals surface area contributed by atoms with Gasteiger partial charge in [-0.25, -0.2) is 0 Å². The Bertz CT molecular complexity index is 715. The van der Waals surface area contributed by atoms with E-state index in [2.05, 4.69) is 4.90 Å². The molecule has 26 heavy (non-hydrogen) atoms. The number of aryl methyl sites for hydroxylation is 1. The molecular formula is C20H27N3O3. The molecule has 1 unspecified atom stereocenters. The van der Waals surface area contributed by atoms with Crippen molar-refractivity contribution < 1.29 is 14.3 Å². The molecule has 0 saturated carbocycles. The number of hydrogen-bond acceptors (Lipinski definition) is 4. The first-order valence-corrected chi connectivity index (χ1v) is 9.10. The molecule has 6 heteroatoms. The van der Waals surface area contributed by atoms with Crippen LogP contribution in [0.4, 0.5) is 0 Å². The van der Waals surface area contributed by atoms with Crippen LogP contribution in [0.25, 0.3) is 5.57 Å². The highest BCUT2D eigenvalue weighted by atomic mass is 16.5. The number of carbonyl (C=O) groups is 2. The first-order valence-electron chi connectivity index (χ1n) is 9.10. The second-order valence-electron chi connectivity index (χ2n) is 7.15. The first-order chi connectivity index (χ1) is 12.4. The number of carbonyl (C=O) groups excluding carboxylic acids is 2. The van der Waals surface area contributed by atoms with E-state index in [4.69, 9.17) is 10.5 Å². The number of rotatable bonds is 4. The van der Waals surface area contributed by atoms with Gasteiger partial charge in [0.1, 0.15) is 5.54 Å². The number of nitrogens with two attached hydrogens (primary N) is 1. The number of amides is 2. The Morgan fingerprint density at radius 1 is 1.19 bits per heavy atom. The number of ether oxygens (including phenoxy) is 1. The summed E-state index contributed by atoms with van der Waals surface area (Å²) < 4.78 is 5.43. The van der Waals surface area contributed by atoms with E-state index in [1.807, 2.05) is 43.0 Å². The third-order valence-electron chi connectivity index (χ3n) is 5.57. The zero-order chi connectivity index (χ0) is 18.7. The van der Waals surface area contributed by atoms with Gasteiger partial charge in [0, 0.05) is 45.3 Å². The predicted molar refractivity (Wildman–Crippen MR) is 100 cm³/mol. The molecule has 0 aliphatic carbocycles. The fourth-order valence-electron chi connectivity index (χ4n) is 3.88. The van der Waals surface area contributed by atoms with Crippen LogP contribution >= 0.6 is 0 Å². The van der Waals surface area contributed by atoms with Gasteiger partial charge in [0.2, 0.25) is 11.8 Å². The Hall–Kier alpha value is -2.18. The fourth-order valence-corrected chi connectivity index (χ4v) is 3.88. The standard InChI is InChI=1S/C20H27N3O3/c1-15-5-3-4-6-17(15)16(2)13-18(24)22-8-10-23(11-9-22)20(19(21)25)7-12-26-14-20/h3-6,13H,7-12,14H2,1-2H3,(H2,21,25)/b16-13+. The maximum Gasteiger partial charge on any atom is 0.246 e. The summed E-state index contributed by atoms with van der Waals surface area (Å²) in [7, 11) is 0. The van der Waals surface area contributed by atoms with Crippen LogP contribution in [0.1, 0.15) is 24.5 Å². The Morgan fingerprint density at radius 2 is 1.88 bits per heavy atom. The van der Waals surface area contributed by atoms with Crippen molar-refractivity contribution in [3.8, 4) is 0 Å². The van der Waals surface area contributed by atoms with Gasteiger partial charge in [0.05, 0.1) is 6.61 Å². The molecule has 2 saturated heterocycles. The monoisotopic (exact) mass is 357 g/mol. The van der Waals surface area contributed by atoms with Gasteiger partial charge in [-0.1, -0.05) is 24.3 Å². The lowest BCUT2D eigenvalue weighted by atomic mass is 9.94. The summed E-state index contributed by atoms with van der Waals surface area (Å²) in [4.78, 5) is 28.6. The fraction of sp³-hybridized carbons (Fsp3) is 0.500. The second-order valence-corrected chi connectivity index (χ2v) is 7.15. The average Bonchev–Trinajstić information content (AvgIpc) is 3.13. The van der Waals surface area contributed by atoms with Crippen LogP contribution in [-0.2, 0) is 14.3 Å². The van der Waals surface area contributed by atoms with Gasteiger partial charge in [-0.05, 0) is 30.5 Å². The van der Waals surface area contributed by atoms with Gasteiger partial charge in [-0.15, -0.1) is 0 Å². The molecule has 0 spiro atoms. The smallest absolute Gasteiger partial charge is 0.246 e. The summed E-state index contributed by atoms with van der Waals surface area (Å²) in [5, 5.41) is 0. The van der Waals surface area contributed by atoms with E-state index in [1.54, 1.807) is 6.08 Å². The molecule has 1 atom stereocenters. The number of benzene rings is 1. The molecule has 2 fully saturated rings. The van der Waals surface area contributed by atoms with Crippen molar-refractivity contribution in [2.24, 2.45) is 5.73 Å². The Morgan fingerprint density at radius 3 is 2.46 bits per heavy atom. The molecular weight excluding hydrogens is 330 g/mol. The van der Waals surface area contributed by atoms with Crippen molar-refractivity contribution in [1.29, 1.82) is 0 Å². The van der Waals surface area contributed by atoms with Gasteiger partial charge in [-0.2, -0.15) is 0 Å². The van der Waals surface area contributed by atoms with Gasteiger partial charge in [0.25, 0.3) is 0 Å². The third-order valence-corrected chi connectivity index (χ3v) is 5.57. The zero-order valence-electron chi connectivity index (χ0n) is 15.5. The van der Waals surface area contributed by atoms with E-state index >= 15 is 0 Å². The second kappa shape index (κ2) is 7.60. The Kier molecular flexibility index (Phi) is 5.44. The van der Waals surface area contributed by atoms with Crippen LogP contribution in [0.15, 0.2) is 30.3 Å². The van der Waals surface area contributed by atoms with Crippen LogP contribution in [0.2, 0.25) is 0 Å². The minimum atomic E-state index is -0.706. The molecule has 3 rings (SSSR count). The number of nitrogens with zero attached hydrogens (tertiary/aromatic N) is 2. The zero-order valence-corrected chi connectivity index (χ0v) is 15.5. The SMILES string of the molecule is C/C(=C\C(=O)N1CCN(C2(C(N)=O)CCOC2)CC1)c1ccccc1C. The highest BCUT2D eigenvalue weighted by Crippen LogP contribution is 2.27. The first kappa shape index (κ1) is 18.6. The van der Waals surface area contributed by atoms with Crippen molar-refractivity contribution in [1.82, 2.24) is 9.80 Å². The lowest BCUT2D eigenvalue weighted by molar-refractivity contribution is -0.134. The van der Waals surface area contributed by atoms with E-state index in [1.165, 1.54) is 0 Å². The highest BCUT2D eigenvalue weighted by molar-refractivity contribution is 5.95. The summed E-state index contributed by atoms with van der Waals surface area (Å²) in [6, 6.07) is 8.05. The topological polar surface area (TPSA) is 75.9 Å². The van der Waals surface area contributed by atoms with Gasteiger partial charge >= 0.3 is 0 Å². The maximum absolute atomic E-state index is 12.6. The van der Waals surface area contributed by atoms with Crippen LogP contribution in [0.3, 0.4) is 0 Å². The molecule has 2 heterocycles. The summed E-state index contributed by atoms with van der Waals surface area (Å²) in [6.45, 7) is 7.36. The minimum absolute atomic E-state index is 0.0150. The molecule has 1 aromatic carbocycles. The van der Waals surface area contributed by atoms with Crippen molar-refractivity contribution in [3.63, 3.8) is 0 Å². The highest BCUT2D eigenvalue weighted by Gasteiger charge is 2.46.